The fourth-order valence-corrected chi connectivity index (χ4v) is 4.40. The van der Waals surface area contributed by atoms with Crippen LogP contribution in [0.3, 0.4) is 0 Å². The molecule has 0 aliphatic rings. The summed E-state index contributed by atoms with van der Waals surface area (Å²) in [4.78, 5) is 0. The molecule has 0 amide bonds. The van der Waals surface area contributed by atoms with E-state index in [9.17, 15) is 13.2 Å². The van der Waals surface area contributed by atoms with Gasteiger partial charge in [-0.2, -0.15) is 18.3 Å². The standard InChI is InChI=1S/C29H19Cl2F3N2O2/c30-24-10-6-11-25(31)28(24)36-20(17-27(35-36)29(32,33)34)18-37-21-15-13-19(14-16-21)23-9-4-5-12-26(23)38-22-7-2-1-3-8-22/h1-17H,18H2. The lowest BCUT2D eigenvalue weighted by atomic mass is 10.0. The summed E-state index contributed by atoms with van der Waals surface area (Å²) < 4.78 is 53.3. The molecule has 1 heterocycles. The largest absolute Gasteiger partial charge is 0.487 e. The van der Waals surface area contributed by atoms with Crippen LogP contribution in [0.5, 0.6) is 17.2 Å². The first-order chi connectivity index (χ1) is 18.3. The molecule has 0 aliphatic carbocycles. The molecular formula is C29H19Cl2F3N2O2. The van der Waals surface area contributed by atoms with E-state index in [0.29, 0.717) is 17.2 Å². The number of para-hydroxylation sites is 3. The number of hydrogen-bond acceptors (Lipinski definition) is 3. The summed E-state index contributed by atoms with van der Waals surface area (Å²) in [5.41, 5.74) is 0.978. The second kappa shape index (κ2) is 10.8. The van der Waals surface area contributed by atoms with Gasteiger partial charge in [0, 0.05) is 5.56 Å². The monoisotopic (exact) mass is 554 g/mol. The van der Waals surface area contributed by atoms with E-state index in [4.69, 9.17) is 32.7 Å². The molecule has 0 fully saturated rings. The van der Waals surface area contributed by atoms with Gasteiger partial charge in [0.25, 0.3) is 0 Å². The summed E-state index contributed by atoms with van der Waals surface area (Å²) in [5, 5.41) is 4.04. The maximum atomic E-state index is 13.4. The summed E-state index contributed by atoms with van der Waals surface area (Å²) in [6.07, 6.45) is -4.65. The summed E-state index contributed by atoms with van der Waals surface area (Å²) in [5.74, 6) is 1.86. The third kappa shape index (κ3) is 5.64. The van der Waals surface area contributed by atoms with Crippen LogP contribution < -0.4 is 9.47 Å². The molecule has 9 heteroatoms. The highest BCUT2D eigenvalue weighted by atomic mass is 35.5. The van der Waals surface area contributed by atoms with Crippen LogP contribution >= 0.6 is 23.2 Å². The van der Waals surface area contributed by atoms with Crippen molar-refractivity contribution in [1.29, 1.82) is 0 Å². The fraction of sp³-hybridized carbons (Fsp3) is 0.0690. The van der Waals surface area contributed by atoms with E-state index >= 15 is 0 Å². The van der Waals surface area contributed by atoms with Gasteiger partial charge < -0.3 is 9.47 Å². The number of ether oxygens (including phenoxy) is 2. The maximum Gasteiger partial charge on any atom is 0.435 e. The van der Waals surface area contributed by atoms with Crippen molar-refractivity contribution in [3.05, 3.63) is 125 Å². The third-order valence-corrected chi connectivity index (χ3v) is 6.24. The van der Waals surface area contributed by atoms with Crippen LogP contribution in [0.2, 0.25) is 10.0 Å². The minimum atomic E-state index is -4.65. The summed E-state index contributed by atoms with van der Waals surface area (Å²) in [7, 11) is 0. The van der Waals surface area contributed by atoms with Crippen molar-refractivity contribution in [2.75, 3.05) is 0 Å². The first kappa shape index (κ1) is 25.7. The predicted molar refractivity (Wildman–Crippen MR) is 141 cm³/mol. The van der Waals surface area contributed by atoms with Gasteiger partial charge in [0.05, 0.1) is 15.7 Å². The Bertz CT molecular complexity index is 1530. The van der Waals surface area contributed by atoms with E-state index in [2.05, 4.69) is 5.10 Å². The minimum Gasteiger partial charge on any atom is -0.487 e. The highest BCUT2D eigenvalue weighted by Gasteiger charge is 2.35. The van der Waals surface area contributed by atoms with Crippen LogP contribution in [0.4, 0.5) is 13.2 Å². The number of alkyl halides is 3. The van der Waals surface area contributed by atoms with Gasteiger partial charge in [0.2, 0.25) is 0 Å². The van der Waals surface area contributed by atoms with Gasteiger partial charge in [-0.3, -0.25) is 0 Å². The zero-order chi connectivity index (χ0) is 26.7. The van der Waals surface area contributed by atoms with E-state index in [1.165, 1.54) is 12.1 Å². The van der Waals surface area contributed by atoms with Crippen molar-refractivity contribution in [2.24, 2.45) is 0 Å². The van der Waals surface area contributed by atoms with Crippen molar-refractivity contribution >= 4 is 23.2 Å². The molecule has 0 atom stereocenters. The fourth-order valence-electron chi connectivity index (χ4n) is 3.84. The van der Waals surface area contributed by atoms with Gasteiger partial charge in [-0.15, -0.1) is 0 Å². The van der Waals surface area contributed by atoms with E-state index < -0.39 is 11.9 Å². The smallest absolute Gasteiger partial charge is 0.435 e. The molecule has 5 rings (SSSR count). The Morgan fingerprint density at radius 1 is 0.737 bits per heavy atom. The molecule has 0 aliphatic heterocycles. The van der Waals surface area contributed by atoms with Crippen LogP contribution in [0.25, 0.3) is 16.8 Å². The van der Waals surface area contributed by atoms with E-state index in [0.717, 1.165) is 21.9 Å². The Balaban J connectivity index is 1.38. The molecule has 4 nitrogen and oxygen atoms in total. The van der Waals surface area contributed by atoms with Gasteiger partial charge in [-0.05, 0) is 54.1 Å². The maximum absolute atomic E-state index is 13.4. The van der Waals surface area contributed by atoms with E-state index in [1.807, 2.05) is 66.7 Å². The molecule has 4 aromatic carbocycles. The van der Waals surface area contributed by atoms with Crippen LogP contribution in [0.1, 0.15) is 11.4 Å². The van der Waals surface area contributed by atoms with Gasteiger partial charge in [0.15, 0.2) is 5.69 Å². The van der Waals surface area contributed by atoms with Gasteiger partial charge in [-0.25, -0.2) is 4.68 Å². The Morgan fingerprint density at radius 3 is 2.08 bits per heavy atom. The zero-order valence-corrected chi connectivity index (χ0v) is 21.1. The van der Waals surface area contributed by atoms with Crippen molar-refractivity contribution in [3.63, 3.8) is 0 Å². The zero-order valence-electron chi connectivity index (χ0n) is 19.6. The van der Waals surface area contributed by atoms with E-state index in [1.54, 1.807) is 18.2 Å². The lowest BCUT2D eigenvalue weighted by Crippen LogP contribution is -2.09. The summed E-state index contributed by atoms with van der Waals surface area (Å²) in [6.45, 7) is -0.197. The van der Waals surface area contributed by atoms with Crippen LogP contribution in [0.15, 0.2) is 103 Å². The average molecular weight is 555 g/mol. The molecule has 5 aromatic rings. The summed E-state index contributed by atoms with van der Waals surface area (Å²) in [6, 6.07) is 29.8. The molecule has 38 heavy (non-hydrogen) atoms. The number of rotatable bonds is 7. The predicted octanol–water partition coefficient (Wildman–Crippen LogP) is 9.24. The minimum absolute atomic E-state index is 0.137. The topological polar surface area (TPSA) is 36.3 Å². The number of benzene rings is 4. The van der Waals surface area contributed by atoms with Gasteiger partial charge in [-0.1, -0.05) is 77.8 Å². The Morgan fingerprint density at radius 2 is 1.39 bits per heavy atom. The Kier molecular flexibility index (Phi) is 7.31. The van der Waals surface area contributed by atoms with Gasteiger partial charge in [0.1, 0.15) is 29.5 Å². The third-order valence-electron chi connectivity index (χ3n) is 5.63. The SMILES string of the molecule is FC(F)(F)c1cc(COc2ccc(-c3ccccc3Oc3ccccc3)cc2)n(-c2c(Cl)cccc2Cl)n1. The number of halogens is 5. The molecule has 0 unspecified atom stereocenters. The van der Waals surface area contributed by atoms with Crippen molar-refractivity contribution in [2.45, 2.75) is 12.8 Å². The van der Waals surface area contributed by atoms with E-state index in [-0.39, 0.29) is 28.0 Å². The molecule has 0 saturated carbocycles. The lowest BCUT2D eigenvalue weighted by Gasteiger charge is -2.13. The van der Waals surface area contributed by atoms with Crippen LogP contribution in [-0.2, 0) is 12.8 Å². The highest BCUT2D eigenvalue weighted by Crippen LogP contribution is 2.36. The normalized spacial score (nSPS) is 11.4. The molecule has 0 N–H and O–H groups in total. The quantitative estimate of drug-likeness (QED) is 0.201. The molecule has 0 radical (unpaired) electrons. The molecule has 0 saturated heterocycles. The van der Waals surface area contributed by atoms with Crippen molar-refractivity contribution in [3.8, 4) is 34.1 Å². The molecule has 1 aromatic heterocycles. The average Bonchev–Trinajstić information content (AvgIpc) is 3.33. The second-order valence-corrected chi connectivity index (χ2v) is 9.04. The Labute approximate surface area is 226 Å². The first-order valence-corrected chi connectivity index (χ1v) is 12.2. The van der Waals surface area contributed by atoms with Crippen molar-refractivity contribution < 1.29 is 22.6 Å². The van der Waals surface area contributed by atoms with Gasteiger partial charge >= 0.3 is 6.18 Å². The second-order valence-electron chi connectivity index (χ2n) is 8.23. The van der Waals surface area contributed by atoms with Crippen LogP contribution in [-0.4, -0.2) is 9.78 Å². The first-order valence-electron chi connectivity index (χ1n) is 11.5. The molecule has 0 spiro atoms. The highest BCUT2D eigenvalue weighted by molar-refractivity contribution is 6.37. The number of nitrogens with zero attached hydrogens (tertiary/aromatic N) is 2. The van der Waals surface area contributed by atoms with Crippen LogP contribution in [0, 0.1) is 0 Å². The summed E-state index contributed by atoms with van der Waals surface area (Å²) >= 11 is 12.5. The molecule has 192 valence electrons. The van der Waals surface area contributed by atoms with Crippen molar-refractivity contribution in [1.82, 2.24) is 9.78 Å². The Hall–Kier alpha value is -3.94. The lowest BCUT2D eigenvalue weighted by molar-refractivity contribution is -0.141. The molecule has 0 bridgehead atoms. The molecular weight excluding hydrogens is 536 g/mol. The number of aromatic nitrogens is 2. The number of hydrogen-bond donors (Lipinski definition) is 0.